The lowest BCUT2D eigenvalue weighted by Gasteiger charge is -2.11. The van der Waals surface area contributed by atoms with Crippen LogP contribution in [0.25, 0.3) is 0 Å². The van der Waals surface area contributed by atoms with Crippen molar-refractivity contribution in [3.05, 3.63) is 54.1 Å². The maximum Gasteiger partial charge on any atom is 0.253 e. The van der Waals surface area contributed by atoms with Gasteiger partial charge >= 0.3 is 0 Å². The fraction of sp³-hybridized carbons (Fsp3) is 0.316. The number of rotatable bonds is 7. The maximum absolute atomic E-state index is 12.0. The van der Waals surface area contributed by atoms with Gasteiger partial charge in [0.15, 0.2) is 0 Å². The van der Waals surface area contributed by atoms with Crippen molar-refractivity contribution in [1.29, 1.82) is 0 Å². The van der Waals surface area contributed by atoms with E-state index < -0.39 is 10.0 Å². The van der Waals surface area contributed by atoms with Crippen molar-refractivity contribution in [2.45, 2.75) is 30.3 Å². The Morgan fingerprint density at radius 3 is 2.33 bits per heavy atom. The topological polar surface area (TPSA) is 111 Å². The van der Waals surface area contributed by atoms with Crippen LogP contribution in [0.3, 0.4) is 0 Å². The lowest BCUT2D eigenvalue weighted by atomic mass is 10.1. The van der Waals surface area contributed by atoms with Gasteiger partial charge in [-0.2, -0.15) is 0 Å². The molecule has 8 heteroatoms. The normalized spacial score (nSPS) is 16.9. The van der Waals surface area contributed by atoms with Crippen LogP contribution in [0.5, 0.6) is 0 Å². The molecule has 0 aromatic heterocycles. The van der Waals surface area contributed by atoms with E-state index in [0.29, 0.717) is 13.2 Å². The third-order valence-electron chi connectivity index (χ3n) is 4.37. The van der Waals surface area contributed by atoms with Crippen LogP contribution in [-0.2, 0) is 26.0 Å². The standard InChI is InChI=1S/C19H23N3O4S/c20-27(24,25)17-9-3-14(4-10-17)11-12-21-15-5-7-16(8-6-15)22-19(23)18-2-1-13-26-18/h3-10,18,21H,1-2,11-13H2,(H,22,23)(H2,20,24,25). The highest BCUT2D eigenvalue weighted by Crippen LogP contribution is 2.17. The first-order valence-corrected chi connectivity index (χ1v) is 10.3. The maximum atomic E-state index is 12.0. The summed E-state index contributed by atoms with van der Waals surface area (Å²) in [5, 5.41) is 11.2. The van der Waals surface area contributed by atoms with Crippen LogP contribution in [-0.4, -0.2) is 33.6 Å². The number of nitrogens with two attached hydrogens (primary N) is 1. The molecule has 0 radical (unpaired) electrons. The van der Waals surface area contributed by atoms with Crippen LogP contribution in [0.1, 0.15) is 18.4 Å². The van der Waals surface area contributed by atoms with Gasteiger partial charge in [0.25, 0.3) is 5.91 Å². The van der Waals surface area contributed by atoms with Crippen LogP contribution >= 0.6 is 0 Å². The molecule has 1 unspecified atom stereocenters. The fourth-order valence-corrected chi connectivity index (χ4v) is 3.39. The number of benzene rings is 2. The minimum Gasteiger partial charge on any atom is -0.385 e. The second kappa shape index (κ2) is 8.51. The van der Waals surface area contributed by atoms with Crippen molar-refractivity contribution in [2.75, 3.05) is 23.8 Å². The van der Waals surface area contributed by atoms with Crippen molar-refractivity contribution < 1.29 is 17.9 Å². The van der Waals surface area contributed by atoms with Gasteiger partial charge in [-0.05, 0) is 61.2 Å². The fourth-order valence-electron chi connectivity index (χ4n) is 2.88. The molecule has 0 spiro atoms. The smallest absolute Gasteiger partial charge is 0.253 e. The van der Waals surface area contributed by atoms with Gasteiger partial charge in [0.2, 0.25) is 10.0 Å². The van der Waals surface area contributed by atoms with Gasteiger partial charge in [-0.15, -0.1) is 0 Å². The third kappa shape index (κ3) is 5.53. The van der Waals surface area contributed by atoms with Gasteiger partial charge in [-0.1, -0.05) is 12.1 Å². The van der Waals surface area contributed by atoms with Crippen LogP contribution in [0.4, 0.5) is 11.4 Å². The predicted octanol–water partition coefficient (Wildman–Crippen LogP) is 2.11. The molecular weight excluding hydrogens is 366 g/mol. The van der Waals surface area contributed by atoms with E-state index in [-0.39, 0.29) is 16.9 Å². The molecular formula is C19H23N3O4S. The SMILES string of the molecule is NS(=O)(=O)c1ccc(CCNc2ccc(NC(=O)C3CCCO3)cc2)cc1. The molecule has 7 nitrogen and oxygen atoms in total. The van der Waals surface area contributed by atoms with E-state index >= 15 is 0 Å². The van der Waals surface area contributed by atoms with Crippen LogP contribution in [0, 0.1) is 0 Å². The van der Waals surface area contributed by atoms with Gasteiger partial charge in [-0.25, -0.2) is 13.6 Å². The summed E-state index contributed by atoms with van der Waals surface area (Å²) in [5.74, 6) is -0.101. The third-order valence-corrected chi connectivity index (χ3v) is 5.30. The Hall–Kier alpha value is -2.42. The quantitative estimate of drug-likeness (QED) is 0.672. The molecule has 1 heterocycles. The molecule has 1 amide bonds. The monoisotopic (exact) mass is 389 g/mol. The highest BCUT2D eigenvalue weighted by Gasteiger charge is 2.23. The zero-order valence-electron chi connectivity index (χ0n) is 14.9. The Bertz CT molecular complexity index is 874. The molecule has 0 saturated carbocycles. The second-order valence-corrected chi connectivity index (χ2v) is 8.00. The molecule has 0 aliphatic carbocycles. The number of ether oxygens (including phenoxy) is 1. The van der Waals surface area contributed by atoms with E-state index in [1.807, 2.05) is 24.3 Å². The molecule has 1 aliphatic heterocycles. The minimum absolute atomic E-state index is 0.101. The first-order valence-electron chi connectivity index (χ1n) is 8.80. The van der Waals surface area contributed by atoms with Gasteiger partial charge in [-0.3, -0.25) is 4.79 Å². The molecule has 1 fully saturated rings. The summed E-state index contributed by atoms with van der Waals surface area (Å²) in [6.45, 7) is 1.34. The molecule has 0 bridgehead atoms. The van der Waals surface area contributed by atoms with E-state index in [1.54, 1.807) is 12.1 Å². The summed E-state index contributed by atoms with van der Waals surface area (Å²) in [7, 11) is -3.65. The minimum atomic E-state index is -3.65. The van der Waals surface area contributed by atoms with Crippen LogP contribution in [0.15, 0.2) is 53.4 Å². The van der Waals surface area contributed by atoms with Crippen LogP contribution in [0.2, 0.25) is 0 Å². The van der Waals surface area contributed by atoms with Gasteiger partial charge < -0.3 is 15.4 Å². The number of carbonyl (C=O) groups excluding carboxylic acids is 1. The van der Waals surface area contributed by atoms with Crippen molar-refractivity contribution in [1.82, 2.24) is 0 Å². The zero-order valence-corrected chi connectivity index (χ0v) is 15.7. The molecule has 1 atom stereocenters. The zero-order chi connectivity index (χ0) is 19.3. The number of primary sulfonamides is 1. The average Bonchev–Trinajstić information content (AvgIpc) is 3.18. The summed E-state index contributed by atoms with van der Waals surface area (Å²) in [6, 6.07) is 14.0. The number of nitrogens with one attached hydrogen (secondary N) is 2. The number of hydrogen-bond donors (Lipinski definition) is 3. The van der Waals surface area contributed by atoms with Gasteiger partial charge in [0, 0.05) is 24.5 Å². The Labute approximate surface area is 159 Å². The highest BCUT2D eigenvalue weighted by atomic mass is 32.2. The Kier molecular flexibility index (Phi) is 6.10. The summed E-state index contributed by atoms with van der Waals surface area (Å²) < 4.78 is 27.9. The molecule has 1 saturated heterocycles. The van der Waals surface area contributed by atoms with Crippen molar-refractivity contribution in [3.63, 3.8) is 0 Å². The Balaban J connectivity index is 1.46. The van der Waals surface area contributed by atoms with E-state index in [2.05, 4.69) is 10.6 Å². The van der Waals surface area contributed by atoms with E-state index in [0.717, 1.165) is 36.2 Å². The van der Waals surface area contributed by atoms with Gasteiger partial charge in [0.1, 0.15) is 6.10 Å². The number of sulfonamides is 1. The first-order chi connectivity index (χ1) is 12.9. The predicted molar refractivity (Wildman–Crippen MR) is 104 cm³/mol. The molecule has 1 aliphatic rings. The summed E-state index contributed by atoms with van der Waals surface area (Å²) in [4.78, 5) is 12.1. The van der Waals surface area contributed by atoms with E-state index in [1.165, 1.54) is 12.1 Å². The molecule has 27 heavy (non-hydrogen) atoms. The van der Waals surface area contributed by atoms with E-state index in [9.17, 15) is 13.2 Å². The Morgan fingerprint density at radius 1 is 1.07 bits per heavy atom. The number of anilines is 2. The number of amides is 1. The largest absolute Gasteiger partial charge is 0.385 e. The molecule has 2 aromatic carbocycles. The lowest BCUT2D eigenvalue weighted by molar-refractivity contribution is -0.124. The summed E-state index contributed by atoms with van der Waals surface area (Å²) in [5.41, 5.74) is 2.68. The molecule has 144 valence electrons. The van der Waals surface area contributed by atoms with Crippen LogP contribution < -0.4 is 15.8 Å². The second-order valence-electron chi connectivity index (χ2n) is 6.43. The van der Waals surface area contributed by atoms with Gasteiger partial charge in [0.05, 0.1) is 4.90 Å². The summed E-state index contributed by atoms with van der Waals surface area (Å²) in [6.07, 6.45) is 2.08. The van der Waals surface area contributed by atoms with Crippen molar-refractivity contribution in [3.8, 4) is 0 Å². The number of hydrogen-bond acceptors (Lipinski definition) is 5. The van der Waals surface area contributed by atoms with E-state index in [4.69, 9.17) is 9.88 Å². The lowest BCUT2D eigenvalue weighted by Crippen LogP contribution is -2.26. The van der Waals surface area contributed by atoms with Crippen molar-refractivity contribution in [2.24, 2.45) is 5.14 Å². The summed E-state index contributed by atoms with van der Waals surface area (Å²) >= 11 is 0. The number of carbonyl (C=O) groups is 1. The van der Waals surface area contributed by atoms with Crippen molar-refractivity contribution >= 4 is 27.3 Å². The molecule has 2 aromatic rings. The first kappa shape index (κ1) is 19.3. The molecule has 4 N–H and O–H groups in total. The highest BCUT2D eigenvalue weighted by molar-refractivity contribution is 7.89. The average molecular weight is 389 g/mol. The molecule has 3 rings (SSSR count). The Morgan fingerprint density at radius 2 is 1.74 bits per heavy atom.